The van der Waals surface area contributed by atoms with Crippen molar-refractivity contribution >= 4 is 12.1 Å². The number of ether oxygens (including phenoxy) is 4. The lowest BCUT2D eigenvalue weighted by atomic mass is 9.85. The van der Waals surface area contributed by atoms with Crippen molar-refractivity contribution in [3.8, 4) is 23.0 Å². The molecule has 0 saturated heterocycles. The number of para-hydroxylation sites is 1. The molecule has 3 aromatic carbocycles. The van der Waals surface area contributed by atoms with E-state index in [4.69, 9.17) is 18.9 Å². The van der Waals surface area contributed by atoms with Gasteiger partial charge in [-0.3, -0.25) is 4.79 Å². The Balaban J connectivity index is 1.95. The predicted molar refractivity (Wildman–Crippen MR) is 124 cm³/mol. The van der Waals surface area contributed by atoms with Gasteiger partial charge in [0.15, 0.2) is 17.1 Å². The van der Waals surface area contributed by atoms with Crippen molar-refractivity contribution in [2.75, 3.05) is 28.4 Å². The SMILES string of the molecule is COc1ccc(C(O)(C(=O)NN=Cc2cccc(OC)c2OC)c2ccc(OC)cc2)cc1. The number of hydrogen-bond donors (Lipinski definition) is 2. The van der Waals surface area contributed by atoms with Crippen LogP contribution in [0.2, 0.25) is 0 Å². The van der Waals surface area contributed by atoms with Gasteiger partial charge in [0, 0.05) is 5.56 Å². The minimum atomic E-state index is -2.02. The third-order valence-electron chi connectivity index (χ3n) is 5.15. The van der Waals surface area contributed by atoms with Crippen LogP contribution in [-0.4, -0.2) is 45.7 Å². The molecule has 8 nitrogen and oxygen atoms in total. The quantitative estimate of drug-likeness (QED) is 0.384. The number of nitrogens with zero attached hydrogens (tertiary/aromatic N) is 1. The van der Waals surface area contributed by atoms with Gasteiger partial charge >= 0.3 is 0 Å². The molecular formula is C25H26N2O6. The average molecular weight is 450 g/mol. The van der Waals surface area contributed by atoms with Gasteiger partial charge in [0.25, 0.3) is 5.91 Å². The lowest BCUT2D eigenvalue weighted by Gasteiger charge is -2.27. The maximum Gasteiger partial charge on any atom is 0.281 e. The van der Waals surface area contributed by atoms with Crippen molar-refractivity contribution in [1.29, 1.82) is 0 Å². The number of carbonyl (C=O) groups is 1. The Morgan fingerprint density at radius 1 is 0.818 bits per heavy atom. The van der Waals surface area contributed by atoms with Gasteiger partial charge < -0.3 is 24.1 Å². The van der Waals surface area contributed by atoms with Gasteiger partial charge in [-0.1, -0.05) is 30.3 Å². The Morgan fingerprint density at radius 2 is 1.36 bits per heavy atom. The standard InChI is InChI=1S/C25H26N2O6/c1-30-20-12-8-18(9-13-20)25(29,19-10-14-21(31-2)15-11-19)24(28)27-26-16-17-6-5-7-22(32-3)23(17)33-4/h5-16,29H,1-4H3,(H,27,28). The van der Waals surface area contributed by atoms with Gasteiger partial charge in [0.1, 0.15) is 11.5 Å². The Kier molecular flexibility index (Phi) is 7.53. The number of methoxy groups -OCH3 is 4. The molecule has 2 N–H and O–H groups in total. The van der Waals surface area contributed by atoms with E-state index in [-0.39, 0.29) is 0 Å². The van der Waals surface area contributed by atoms with E-state index >= 15 is 0 Å². The fourth-order valence-electron chi connectivity index (χ4n) is 3.35. The summed E-state index contributed by atoms with van der Waals surface area (Å²) >= 11 is 0. The zero-order valence-corrected chi connectivity index (χ0v) is 18.9. The lowest BCUT2D eigenvalue weighted by Crippen LogP contribution is -2.43. The zero-order valence-electron chi connectivity index (χ0n) is 18.9. The maximum absolute atomic E-state index is 13.2. The first-order chi connectivity index (χ1) is 16.0. The summed E-state index contributed by atoms with van der Waals surface area (Å²) < 4.78 is 21.0. The summed E-state index contributed by atoms with van der Waals surface area (Å²) in [5.41, 5.74) is 1.70. The molecule has 0 unspecified atom stereocenters. The van der Waals surface area contributed by atoms with E-state index in [9.17, 15) is 9.90 Å². The van der Waals surface area contributed by atoms with Gasteiger partial charge in [0.2, 0.25) is 0 Å². The highest BCUT2D eigenvalue weighted by Gasteiger charge is 2.40. The van der Waals surface area contributed by atoms with E-state index in [0.717, 1.165) is 0 Å². The normalized spacial score (nSPS) is 11.2. The molecule has 172 valence electrons. The maximum atomic E-state index is 13.2. The minimum absolute atomic E-state index is 0.347. The fourth-order valence-corrected chi connectivity index (χ4v) is 3.35. The number of aliphatic hydroxyl groups is 1. The van der Waals surface area contributed by atoms with Gasteiger partial charge in [-0.25, -0.2) is 5.43 Å². The lowest BCUT2D eigenvalue weighted by molar-refractivity contribution is -0.136. The molecule has 3 aromatic rings. The molecular weight excluding hydrogens is 424 g/mol. The number of benzene rings is 3. The second-order valence-electron chi connectivity index (χ2n) is 6.95. The van der Waals surface area contributed by atoms with E-state index in [1.165, 1.54) is 20.4 Å². The molecule has 0 aromatic heterocycles. The predicted octanol–water partition coefficient (Wildman–Crippen LogP) is 3.11. The number of nitrogens with one attached hydrogen (secondary N) is 1. The first-order valence-electron chi connectivity index (χ1n) is 10.0. The van der Waals surface area contributed by atoms with Gasteiger partial charge in [-0.05, 0) is 47.5 Å². The average Bonchev–Trinajstić information content (AvgIpc) is 2.87. The number of hydrogen-bond acceptors (Lipinski definition) is 7. The Labute approximate surface area is 192 Å². The smallest absolute Gasteiger partial charge is 0.281 e. The summed E-state index contributed by atoms with van der Waals surface area (Å²) in [6.07, 6.45) is 1.42. The molecule has 0 aliphatic carbocycles. The molecule has 0 aliphatic rings. The molecule has 0 atom stereocenters. The van der Waals surface area contributed by atoms with Crippen molar-refractivity contribution in [3.05, 3.63) is 83.4 Å². The van der Waals surface area contributed by atoms with Crippen LogP contribution in [0.1, 0.15) is 16.7 Å². The summed E-state index contributed by atoms with van der Waals surface area (Å²) in [4.78, 5) is 13.2. The fraction of sp³-hybridized carbons (Fsp3) is 0.200. The van der Waals surface area contributed by atoms with Gasteiger partial charge in [0.05, 0.1) is 34.7 Å². The first-order valence-corrected chi connectivity index (χ1v) is 10.0. The van der Waals surface area contributed by atoms with Crippen LogP contribution < -0.4 is 24.4 Å². The molecule has 0 spiro atoms. The Bertz CT molecular complexity index is 1060. The van der Waals surface area contributed by atoms with E-state index in [1.807, 2.05) is 0 Å². The van der Waals surface area contributed by atoms with E-state index in [0.29, 0.717) is 39.7 Å². The van der Waals surface area contributed by atoms with Crippen LogP contribution in [0, 0.1) is 0 Å². The van der Waals surface area contributed by atoms with E-state index in [1.54, 1.807) is 80.9 Å². The Hall–Kier alpha value is -4.04. The van der Waals surface area contributed by atoms with Crippen LogP contribution in [0.5, 0.6) is 23.0 Å². The molecule has 0 fully saturated rings. The van der Waals surface area contributed by atoms with E-state index < -0.39 is 11.5 Å². The molecule has 3 rings (SSSR count). The first kappa shape index (κ1) is 23.6. The molecule has 0 radical (unpaired) electrons. The van der Waals surface area contributed by atoms with Gasteiger partial charge in [-0.15, -0.1) is 0 Å². The van der Waals surface area contributed by atoms with Crippen LogP contribution in [-0.2, 0) is 10.4 Å². The molecule has 8 heteroatoms. The van der Waals surface area contributed by atoms with Crippen molar-refractivity contribution in [2.45, 2.75) is 5.60 Å². The summed E-state index contributed by atoms with van der Waals surface area (Å²) in [5, 5.41) is 15.7. The summed E-state index contributed by atoms with van der Waals surface area (Å²) in [5.74, 6) is 1.45. The highest BCUT2D eigenvalue weighted by atomic mass is 16.5. The number of amides is 1. The highest BCUT2D eigenvalue weighted by Crippen LogP contribution is 2.33. The summed E-state index contributed by atoms with van der Waals surface area (Å²) in [7, 11) is 6.13. The van der Waals surface area contributed by atoms with Crippen molar-refractivity contribution in [3.63, 3.8) is 0 Å². The minimum Gasteiger partial charge on any atom is -0.497 e. The molecule has 1 amide bonds. The molecule has 0 bridgehead atoms. The molecule has 33 heavy (non-hydrogen) atoms. The van der Waals surface area contributed by atoms with Crippen molar-refractivity contribution in [1.82, 2.24) is 5.43 Å². The Morgan fingerprint density at radius 3 is 1.82 bits per heavy atom. The molecule has 0 saturated carbocycles. The van der Waals surface area contributed by atoms with Crippen LogP contribution in [0.4, 0.5) is 0 Å². The second-order valence-corrected chi connectivity index (χ2v) is 6.95. The monoisotopic (exact) mass is 450 g/mol. The molecule has 0 aliphatic heterocycles. The topological polar surface area (TPSA) is 98.6 Å². The third kappa shape index (κ3) is 4.91. The molecule has 0 heterocycles. The van der Waals surface area contributed by atoms with Gasteiger partial charge in [-0.2, -0.15) is 5.10 Å². The van der Waals surface area contributed by atoms with Crippen LogP contribution in [0.25, 0.3) is 0 Å². The number of rotatable bonds is 9. The van der Waals surface area contributed by atoms with Crippen LogP contribution in [0.15, 0.2) is 71.8 Å². The summed E-state index contributed by atoms with van der Waals surface area (Å²) in [6, 6.07) is 18.4. The largest absolute Gasteiger partial charge is 0.497 e. The van der Waals surface area contributed by atoms with Crippen LogP contribution >= 0.6 is 0 Å². The number of hydrazone groups is 1. The summed E-state index contributed by atoms with van der Waals surface area (Å²) in [6.45, 7) is 0. The van der Waals surface area contributed by atoms with Crippen LogP contribution in [0.3, 0.4) is 0 Å². The van der Waals surface area contributed by atoms with Crippen molar-refractivity contribution < 1.29 is 28.8 Å². The van der Waals surface area contributed by atoms with E-state index in [2.05, 4.69) is 10.5 Å². The second kappa shape index (κ2) is 10.5. The third-order valence-corrected chi connectivity index (χ3v) is 5.15. The number of carbonyl (C=O) groups excluding carboxylic acids is 1. The zero-order chi connectivity index (χ0) is 23.8. The highest BCUT2D eigenvalue weighted by molar-refractivity contribution is 5.92. The van der Waals surface area contributed by atoms with Crippen molar-refractivity contribution in [2.24, 2.45) is 5.10 Å².